The number of benzene rings is 1. The standard InChI is InChI=1S/C13H14N4O3/c1-8-11(20-7-15-8)13(18)17(2)10-6-4-3-5-9(10)12(14)16-19/h3-7,19H,1-2H3,(H2,14,16). The van der Waals surface area contributed by atoms with Gasteiger partial charge in [-0.05, 0) is 19.1 Å². The third-order valence-electron chi connectivity index (χ3n) is 2.89. The summed E-state index contributed by atoms with van der Waals surface area (Å²) in [6.45, 7) is 1.68. The monoisotopic (exact) mass is 274 g/mol. The van der Waals surface area contributed by atoms with E-state index in [4.69, 9.17) is 15.4 Å². The van der Waals surface area contributed by atoms with Crippen LogP contribution in [0.15, 0.2) is 40.2 Å². The fourth-order valence-corrected chi connectivity index (χ4v) is 1.81. The molecule has 1 amide bonds. The minimum Gasteiger partial charge on any atom is -0.438 e. The lowest BCUT2D eigenvalue weighted by Gasteiger charge is -2.19. The summed E-state index contributed by atoms with van der Waals surface area (Å²) in [5.74, 6) is -0.283. The molecule has 7 nitrogen and oxygen atoms in total. The van der Waals surface area contributed by atoms with Crippen molar-refractivity contribution in [3.63, 3.8) is 0 Å². The molecule has 2 rings (SSSR count). The van der Waals surface area contributed by atoms with Crippen LogP contribution in [0.5, 0.6) is 0 Å². The third kappa shape index (κ3) is 2.33. The Morgan fingerprint density at radius 3 is 2.75 bits per heavy atom. The SMILES string of the molecule is Cc1ncoc1C(=O)N(C)c1ccccc1/C(N)=N/O. The Labute approximate surface area is 115 Å². The Balaban J connectivity index is 2.42. The minimum absolute atomic E-state index is 0.0745. The van der Waals surface area contributed by atoms with E-state index >= 15 is 0 Å². The van der Waals surface area contributed by atoms with Crippen LogP contribution in [-0.2, 0) is 0 Å². The van der Waals surface area contributed by atoms with E-state index < -0.39 is 0 Å². The van der Waals surface area contributed by atoms with E-state index in [1.54, 1.807) is 38.2 Å². The molecule has 0 atom stereocenters. The number of rotatable bonds is 3. The van der Waals surface area contributed by atoms with E-state index in [2.05, 4.69) is 10.1 Å². The van der Waals surface area contributed by atoms with Gasteiger partial charge in [-0.25, -0.2) is 4.98 Å². The predicted octanol–water partition coefficient (Wildman–Crippen LogP) is 1.35. The van der Waals surface area contributed by atoms with Crippen LogP contribution < -0.4 is 10.6 Å². The van der Waals surface area contributed by atoms with Gasteiger partial charge >= 0.3 is 0 Å². The van der Waals surface area contributed by atoms with Gasteiger partial charge in [0.2, 0.25) is 5.76 Å². The van der Waals surface area contributed by atoms with Crippen LogP contribution in [-0.4, -0.2) is 29.0 Å². The number of aromatic nitrogens is 1. The molecule has 0 saturated heterocycles. The highest BCUT2D eigenvalue weighted by atomic mass is 16.4. The number of aryl methyl sites for hydroxylation is 1. The number of carbonyl (C=O) groups is 1. The summed E-state index contributed by atoms with van der Waals surface area (Å²) in [5, 5.41) is 11.8. The summed E-state index contributed by atoms with van der Waals surface area (Å²) in [6.07, 6.45) is 1.21. The number of hydrogen-bond acceptors (Lipinski definition) is 5. The van der Waals surface area contributed by atoms with Gasteiger partial charge in [-0.2, -0.15) is 0 Å². The molecule has 0 aliphatic rings. The zero-order chi connectivity index (χ0) is 14.7. The van der Waals surface area contributed by atoms with Crippen molar-refractivity contribution in [2.75, 3.05) is 11.9 Å². The topological polar surface area (TPSA) is 105 Å². The molecule has 0 radical (unpaired) electrons. The third-order valence-corrected chi connectivity index (χ3v) is 2.89. The smallest absolute Gasteiger partial charge is 0.295 e. The Morgan fingerprint density at radius 1 is 1.45 bits per heavy atom. The molecule has 2 aromatic rings. The number of nitrogens with two attached hydrogens (primary N) is 1. The average molecular weight is 274 g/mol. The molecule has 0 unspecified atom stereocenters. The molecule has 0 fully saturated rings. The molecule has 104 valence electrons. The van der Waals surface area contributed by atoms with Crippen LogP contribution in [0.4, 0.5) is 5.69 Å². The van der Waals surface area contributed by atoms with E-state index in [1.165, 1.54) is 11.3 Å². The van der Waals surface area contributed by atoms with Crippen molar-refractivity contribution in [2.24, 2.45) is 10.9 Å². The maximum absolute atomic E-state index is 12.3. The van der Waals surface area contributed by atoms with Gasteiger partial charge in [0.15, 0.2) is 12.2 Å². The van der Waals surface area contributed by atoms with Crippen molar-refractivity contribution in [1.82, 2.24) is 4.98 Å². The number of carbonyl (C=O) groups excluding carboxylic acids is 1. The lowest BCUT2D eigenvalue weighted by atomic mass is 10.1. The zero-order valence-electron chi connectivity index (χ0n) is 11.1. The molecular weight excluding hydrogens is 260 g/mol. The van der Waals surface area contributed by atoms with Crippen molar-refractivity contribution in [2.45, 2.75) is 6.92 Å². The Bertz CT molecular complexity index is 663. The molecule has 1 aromatic heterocycles. The van der Waals surface area contributed by atoms with Gasteiger partial charge in [0.1, 0.15) is 0 Å². The fraction of sp³-hybridized carbons (Fsp3) is 0.154. The van der Waals surface area contributed by atoms with Crippen LogP contribution in [0, 0.1) is 6.92 Å². The number of hydrogen-bond donors (Lipinski definition) is 2. The predicted molar refractivity (Wildman–Crippen MR) is 72.9 cm³/mol. The summed E-state index contributed by atoms with van der Waals surface area (Å²) in [4.78, 5) is 17.6. The van der Waals surface area contributed by atoms with Gasteiger partial charge in [0.25, 0.3) is 5.91 Å². The second kappa shape index (κ2) is 5.43. The molecule has 7 heteroatoms. The first-order chi connectivity index (χ1) is 9.56. The summed E-state index contributed by atoms with van der Waals surface area (Å²) in [5.41, 5.74) is 7.06. The number of anilines is 1. The molecule has 0 aliphatic carbocycles. The first-order valence-corrected chi connectivity index (χ1v) is 5.81. The van der Waals surface area contributed by atoms with Crippen molar-refractivity contribution in [1.29, 1.82) is 0 Å². The molecule has 3 N–H and O–H groups in total. The molecule has 0 aliphatic heterocycles. The minimum atomic E-state index is -0.363. The Kier molecular flexibility index (Phi) is 3.69. The molecule has 0 spiro atoms. The number of oxime groups is 1. The highest BCUT2D eigenvalue weighted by Crippen LogP contribution is 2.21. The van der Waals surface area contributed by atoms with Crippen molar-refractivity contribution in [3.05, 3.63) is 47.7 Å². The molecular formula is C13H14N4O3. The average Bonchev–Trinajstić information content (AvgIpc) is 2.91. The van der Waals surface area contributed by atoms with E-state index in [-0.39, 0.29) is 17.5 Å². The maximum Gasteiger partial charge on any atom is 0.295 e. The van der Waals surface area contributed by atoms with Crippen LogP contribution in [0.2, 0.25) is 0 Å². The lowest BCUT2D eigenvalue weighted by molar-refractivity contribution is 0.0965. The van der Waals surface area contributed by atoms with E-state index in [1.807, 2.05) is 0 Å². The Hall–Kier alpha value is -2.83. The van der Waals surface area contributed by atoms with E-state index in [0.717, 1.165) is 0 Å². The second-order valence-electron chi connectivity index (χ2n) is 4.13. The molecule has 1 heterocycles. The van der Waals surface area contributed by atoms with Gasteiger partial charge in [-0.15, -0.1) is 0 Å². The summed E-state index contributed by atoms with van der Waals surface area (Å²) < 4.78 is 5.08. The van der Waals surface area contributed by atoms with Crippen LogP contribution >= 0.6 is 0 Å². The van der Waals surface area contributed by atoms with Gasteiger partial charge in [0.05, 0.1) is 11.4 Å². The normalized spacial score (nSPS) is 11.4. The van der Waals surface area contributed by atoms with Crippen LogP contribution in [0.3, 0.4) is 0 Å². The van der Waals surface area contributed by atoms with Gasteiger partial charge in [-0.3, -0.25) is 4.79 Å². The van der Waals surface area contributed by atoms with Crippen molar-refractivity contribution >= 4 is 17.4 Å². The Morgan fingerprint density at radius 2 is 2.15 bits per heavy atom. The largest absolute Gasteiger partial charge is 0.438 e. The number of amides is 1. The van der Waals surface area contributed by atoms with Gasteiger partial charge in [-0.1, -0.05) is 17.3 Å². The summed E-state index contributed by atoms with van der Waals surface area (Å²) >= 11 is 0. The maximum atomic E-state index is 12.3. The second-order valence-corrected chi connectivity index (χ2v) is 4.13. The molecule has 0 bridgehead atoms. The number of nitrogens with zero attached hydrogens (tertiary/aromatic N) is 3. The number of para-hydroxylation sites is 1. The molecule has 1 aromatic carbocycles. The lowest BCUT2D eigenvalue weighted by Crippen LogP contribution is -2.29. The summed E-state index contributed by atoms with van der Waals surface area (Å²) in [7, 11) is 1.58. The van der Waals surface area contributed by atoms with Crippen molar-refractivity contribution < 1.29 is 14.4 Å². The summed E-state index contributed by atoms with van der Waals surface area (Å²) in [6, 6.07) is 6.83. The van der Waals surface area contributed by atoms with Gasteiger partial charge < -0.3 is 20.3 Å². The number of oxazole rings is 1. The van der Waals surface area contributed by atoms with Gasteiger partial charge in [0, 0.05) is 12.6 Å². The number of amidine groups is 1. The van der Waals surface area contributed by atoms with E-state index in [9.17, 15) is 4.79 Å². The first kappa shape index (κ1) is 13.6. The van der Waals surface area contributed by atoms with E-state index in [0.29, 0.717) is 16.9 Å². The van der Waals surface area contributed by atoms with Crippen LogP contribution in [0.25, 0.3) is 0 Å². The zero-order valence-corrected chi connectivity index (χ0v) is 11.1. The van der Waals surface area contributed by atoms with Crippen molar-refractivity contribution in [3.8, 4) is 0 Å². The quantitative estimate of drug-likeness (QED) is 0.380. The molecule has 0 saturated carbocycles. The molecule has 20 heavy (non-hydrogen) atoms. The highest BCUT2D eigenvalue weighted by molar-refractivity contribution is 6.10. The van der Waals surface area contributed by atoms with Crippen LogP contribution in [0.1, 0.15) is 21.8 Å². The first-order valence-electron chi connectivity index (χ1n) is 5.81. The fourth-order valence-electron chi connectivity index (χ4n) is 1.81. The highest BCUT2D eigenvalue weighted by Gasteiger charge is 2.22.